The van der Waals surface area contributed by atoms with E-state index in [0.29, 0.717) is 6.04 Å². The summed E-state index contributed by atoms with van der Waals surface area (Å²) in [6, 6.07) is 0.487. The number of nitrogens with zero attached hydrogens (tertiary/aromatic N) is 1. The molecule has 1 amide bonds. The van der Waals surface area contributed by atoms with E-state index in [9.17, 15) is 4.79 Å². The van der Waals surface area contributed by atoms with Gasteiger partial charge in [-0.15, -0.1) is 0 Å². The fourth-order valence-corrected chi connectivity index (χ4v) is 1.21. The van der Waals surface area contributed by atoms with Gasteiger partial charge in [-0.1, -0.05) is 0 Å². The van der Waals surface area contributed by atoms with Crippen molar-refractivity contribution in [1.29, 1.82) is 0 Å². The largest absolute Gasteiger partial charge is 0.358 e. The average Bonchev–Trinajstić information content (AvgIpc) is 2.22. The van der Waals surface area contributed by atoms with Crippen LogP contribution >= 0.6 is 0 Å². The van der Waals surface area contributed by atoms with Gasteiger partial charge in [-0.3, -0.25) is 4.79 Å². The zero-order chi connectivity index (χ0) is 11.8. The molecule has 1 atom stereocenters. The second kappa shape index (κ2) is 7.65. The van der Waals surface area contributed by atoms with Crippen molar-refractivity contribution in [1.82, 2.24) is 15.5 Å². The van der Waals surface area contributed by atoms with Gasteiger partial charge < -0.3 is 15.5 Å². The predicted octanol–water partition coefficient (Wildman–Crippen LogP) is 0.441. The number of likely N-dealkylation sites (N-methyl/N-ethyl adjacent to an activating group) is 1. The van der Waals surface area contributed by atoms with Crippen molar-refractivity contribution in [3.63, 3.8) is 0 Å². The van der Waals surface area contributed by atoms with Gasteiger partial charge in [0.1, 0.15) is 0 Å². The number of amides is 1. The molecule has 4 heteroatoms. The van der Waals surface area contributed by atoms with Crippen LogP contribution in [0.5, 0.6) is 0 Å². The maximum Gasteiger partial charge on any atom is 0.236 e. The smallest absolute Gasteiger partial charge is 0.236 e. The lowest BCUT2D eigenvalue weighted by atomic mass is 10.2. The molecular formula is C11H25N3O. The fraction of sp³-hybridized carbons (Fsp3) is 0.909. The van der Waals surface area contributed by atoms with Crippen molar-refractivity contribution in [3.05, 3.63) is 0 Å². The molecule has 4 nitrogen and oxygen atoms in total. The molecule has 0 saturated heterocycles. The van der Waals surface area contributed by atoms with Crippen LogP contribution in [-0.4, -0.2) is 50.1 Å². The highest BCUT2D eigenvalue weighted by Gasteiger charge is 2.09. The molecule has 0 bridgehead atoms. The Morgan fingerprint density at radius 2 is 1.93 bits per heavy atom. The minimum absolute atomic E-state index is 0.0483. The standard InChI is InChI=1S/C11H25N3O/c1-9(2)14(5)8-6-7-13-10(3)11(15)12-4/h9-10,13H,6-8H2,1-5H3,(H,12,15). The second-order valence-corrected chi connectivity index (χ2v) is 4.22. The van der Waals surface area contributed by atoms with E-state index in [1.807, 2.05) is 6.92 Å². The fourth-order valence-electron chi connectivity index (χ4n) is 1.21. The van der Waals surface area contributed by atoms with E-state index in [0.717, 1.165) is 19.5 Å². The van der Waals surface area contributed by atoms with Gasteiger partial charge in [-0.25, -0.2) is 0 Å². The first-order valence-electron chi connectivity index (χ1n) is 5.64. The van der Waals surface area contributed by atoms with Gasteiger partial charge in [-0.2, -0.15) is 0 Å². The van der Waals surface area contributed by atoms with Gasteiger partial charge in [0.05, 0.1) is 6.04 Å². The quantitative estimate of drug-likeness (QED) is 0.606. The number of rotatable bonds is 7. The molecule has 0 aromatic heterocycles. The summed E-state index contributed by atoms with van der Waals surface area (Å²) in [6.45, 7) is 8.18. The van der Waals surface area contributed by atoms with E-state index in [4.69, 9.17) is 0 Å². The molecule has 15 heavy (non-hydrogen) atoms. The number of carbonyl (C=O) groups excluding carboxylic acids is 1. The molecule has 0 aliphatic rings. The minimum Gasteiger partial charge on any atom is -0.358 e. The minimum atomic E-state index is -0.0978. The van der Waals surface area contributed by atoms with Crippen LogP contribution in [0.15, 0.2) is 0 Å². The summed E-state index contributed by atoms with van der Waals surface area (Å²) in [4.78, 5) is 13.5. The molecule has 0 aromatic carbocycles. The summed E-state index contributed by atoms with van der Waals surface area (Å²) in [5.41, 5.74) is 0. The lowest BCUT2D eigenvalue weighted by Crippen LogP contribution is -2.41. The van der Waals surface area contributed by atoms with E-state index < -0.39 is 0 Å². The molecule has 0 radical (unpaired) electrons. The van der Waals surface area contributed by atoms with Crippen LogP contribution in [0.3, 0.4) is 0 Å². The highest BCUT2D eigenvalue weighted by Crippen LogP contribution is 1.94. The third-order valence-electron chi connectivity index (χ3n) is 2.66. The summed E-state index contributed by atoms with van der Waals surface area (Å²) in [6.07, 6.45) is 1.07. The van der Waals surface area contributed by atoms with Crippen LogP contribution in [-0.2, 0) is 4.79 Å². The van der Waals surface area contributed by atoms with Crippen molar-refractivity contribution >= 4 is 5.91 Å². The molecule has 2 N–H and O–H groups in total. The Hall–Kier alpha value is -0.610. The van der Waals surface area contributed by atoms with E-state index in [1.165, 1.54) is 0 Å². The predicted molar refractivity (Wildman–Crippen MR) is 63.9 cm³/mol. The summed E-state index contributed by atoms with van der Waals surface area (Å²) in [5.74, 6) is 0.0483. The lowest BCUT2D eigenvalue weighted by molar-refractivity contribution is -0.122. The zero-order valence-corrected chi connectivity index (χ0v) is 10.6. The van der Waals surface area contributed by atoms with Crippen molar-refractivity contribution in [2.24, 2.45) is 0 Å². The molecule has 0 aliphatic carbocycles. The van der Waals surface area contributed by atoms with Crippen LogP contribution in [0.2, 0.25) is 0 Å². The van der Waals surface area contributed by atoms with Crippen LogP contribution in [0, 0.1) is 0 Å². The molecule has 0 aliphatic heterocycles. The first kappa shape index (κ1) is 14.4. The third-order valence-corrected chi connectivity index (χ3v) is 2.66. The van der Waals surface area contributed by atoms with E-state index in [-0.39, 0.29) is 11.9 Å². The van der Waals surface area contributed by atoms with E-state index in [1.54, 1.807) is 7.05 Å². The van der Waals surface area contributed by atoms with Gasteiger partial charge in [-0.05, 0) is 47.3 Å². The highest BCUT2D eigenvalue weighted by molar-refractivity contribution is 5.80. The van der Waals surface area contributed by atoms with Crippen molar-refractivity contribution in [2.45, 2.75) is 39.3 Å². The Bertz CT molecular complexity index is 183. The normalized spacial score (nSPS) is 13.3. The summed E-state index contributed by atoms with van der Waals surface area (Å²) < 4.78 is 0. The Labute approximate surface area is 93.4 Å². The molecule has 0 rings (SSSR count). The number of hydrogen-bond donors (Lipinski definition) is 2. The van der Waals surface area contributed by atoms with Crippen LogP contribution in [0.25, 0.3) is 0 Å². The van der Waals surface area contributed by atoms with Gasteiger partial charge in [0, 0.05) is 13.1 Å². The van der Waals surface area contributed by atoms with Crippen LogP contribution < -0.4 is 10.6 Å². The molecule has 0 saturated carbocycles. The van der Waals surface area contributed by atoms with Gasteiger partial charge in [0.15, 0.2) is 0 Å². The Kier molecular flexibility index (Phi) is 7.34. The maximum atomic E-state index is 11.2. The molecule has 1 unspecified atom stereocenters. The third kappa shape index (κ3) is 6.47. The SMILES string of the molecule is CNC(=O)C(C)NCCCN(C)C(C)C. The maximum absolute atomic E-state index is 11.2. The molecular weight excluding hydrogens is 190 g/mol. The molecule has 0 aromatic rings. The Morgan fingerprint density at radius 1 is 1.33 bits per heavy atom. The summed E-state index contributed by atoms with van der Waals surface area (Å²) >= 11 is 0. The van der Waals surface area contributed by atoms with Crippen LogP contribution in [0.1, 0.15) is 27.2 Å². The second-order valence-electron chi connectivity index (χ2n) is 4.22. The molecule has 0 spiro atoms. The van der Waals surface area contributed by atoms with E-state index in [2.05, 4.69) is 36.4 Å². The van der Waals surface area contributed by atoms with Gasteiger partial charge in [0.2, 0.25) is 5.91 Å². The van der Waals surface area contributed by atoms with Crippen molar-refractivity contribution < 1.29 is 4.79 Å². The highest BCUT2D eigenvalue weighted by atomic mass is 16.2. The molecule has 0 fully saturated rings. The monoisotopic (exact) mass is 215 g/mol. The molecule has 90 valence electrons. The zero-order valence-electron chi connectivity index (χ0n) is 10.6. The van der Waals surface area contributed by atoms with Gasteiger partial charge in [0.25, 0.3) is 0 Å². The topological polar surface area (TPSA) is 44.4 Å². The number of hydrogen-bond acceptors (Lipinski definition) is 3. The summed E-state index contributed by atoms with van der Waals surface area (Å²) in [7, 11) is 3.78. The van der Waals surface area contributed by atoms with Gasteiger partial charge >= 0.3 is 0 Å². The van der Waals surface area contributed by atoms with E-state index >= 15 is 0 Å². The van der Waals surface area contributed by atoms with Crippen LogP contribution in [0.4, 0.5) is 0 Å². The number of carbonyl (C=O) groups is 1. The Morgan fingerprint density at radius 3 is 2.40 bits per heavy atom. The number of nitrogens with one attached hydrogen (secondary N) is 2. The van der Waals surface area contributed by atoms with Crippen molar-refractivity contribution in [2.75, 3.05) is 27.2 Å². The first-order chi connectivity index (χ1) is 6.99. The average molecular weight is 215 g/mol. The first-order valence-corrected chi connectivity index (χ1v) is 5.64. The van der Waals surface area contributed by atoms with Crippen molar-refractivity contribution in [3.8, 4) is 0 Å². The summed E-state index contributed by atoms with van der Waals surface area (Å²) in [5, 5.41) is 5.81. The lowest BCUT2D eigenvalue weighted by Gasteiger charge is -2.21. The molecule has 0 heterocycles. The Balaban J connectivity index is 3.50.